The van der Waals surface area contributed by atoms with Crippen LogP contribution in [0, 0.1) is 6.92 Å². The van der Waals surface area contributed by atoms with Gasteiger partial charge in [0.15, 0.2) is 0 Å². The predicted octanol–water partition coefficient (Wildman–Crippen LogP) is 2.84. The molecule has 1 atom stereocenters. The van der Waals surface area contributed by atoms with Gasteiger partial charge in [0.25, 0.3) is 0 Å². The Morgan fingerprint density at radius 3 is 2.95 bits per heavy atom. The van der Waals surface area contributed by atoms with Crippen molar-refractivity contribution >= 4 is 11.3 Å². The third-order valence-corrected chi connectivity index (χ3v) is 4.06. The Labute approximate surface area is 118 Å². The first-order valence-electron chi connectivity index (χ1n) is 6.53. The van der Waals surface area contributed by atoms with Crippen LogP contribution in [0.3, 0.4) is 0 Å². The molecule has 0 amide bonds. The highest BCUT2D eigenvalue weighted by Crippen LogP contribution is 2.15. The number of aryl methyl sites for hydroxylation is 1. The maximum atomic E-state index is 9.14. The van der Waals surface area contributed by atoms with E-state index in [2.05, 4.69) is 30.2 Å². The smallest absolute Gasteiger partial charge is 0.0940 e. The Morgan fingerprint density at radius 2 is 2.26 bits per heavy atom. The molecule has 4 heteroatoms. The summed E-state index contributed by atoms with van der Waals surface area (Å²) in [7, 11) is 0. The molecule has 0 aliphatic carbocycles. The van der Waals surface area contributed by atoms with E-state index in [1.807, 2.05) is 24.4 Å². The molecule has 0 aliphatic heterocycles. The average molecular weight is 276 g/mol. The van der Waals surface area contributed by atoms with Crippen molar-refractivity contribution in [3.8, 4) is 0 Å². The summed E-state index contributed by atoms with van der Waals surface area (Å²) in [4.78, 5) is 5.62. The van der Waals surface area contributed by atoms with E-state index in [1.165, 1.54) is 15.4 Å². The summed E-state index contributed by atoms with van der Waals surface area (Å²) in [6.45, 7) is 5.23. The third kappa shape index (κ3) is 4.13. The zero-order chi connectivity index (χ0) is 13.7. The lowest BCUT2D eigenvalue weighted by Gasteiger charge is -2.14. The Kier molecular flexibility index (Phi) is 5.07. The molecule has 3 nitrogen and oxygen atoms in total. The molecule has 1 aromatic carbocycles. The number of benzene rings is 1. The summed E-state index contributed by atoms with van der Waals surface area (Å²) >= 11 is 1.76. The molecule has 1 heterocycles. The lowest BCUT2D eigenvalue weighted by atomic mass is 10.1. The summed E-state index contributed by atoms with van der Waals surface area (Å²) in [6.07, 6.45) is 2.89. The van der Waals surface area contributed by atoms with Crippen LogP contribution in [0.2, 0.25) is 0 Å². The molecule has 0 bridgehead atoms. The number of nitrogens with one attached hydrogen (secondary N) is 1. The van der Waals surface area contributed by atoms with Crippen molar-refractivity contribution in [2.45, 2.75) is 32.9 Å². The first-order chi connectivity index (χ1) is 9.19. The quantitative estimate of drug-likeness (QED) is 0.853. The topological polar surface area (TPSA) is 45.2 Å². The lowest BCUT2D eigenvalue weighted by molar-refractivity contribution is 0.281. The number of hydrogen-bond acceptors (Lipinski definition) is 4. The molecule has 0 saturated heterocycles. The second kappa shape index (κ2) is 6.80. The molecule has 1 unspecified atom stereocenters. The van der Waals surface area contributed by atoms with Crippen molar-refractivity contribution in [1.29, 1.82) is 0 Å². The normalized spacial score (nSPS) is 12.6. The molecule has 0 saturated carbocycles. The van der Waals surface area contributed by atoms with E-state index in [9.17, 15) is 0 Å². The van der Waals surface area contributed by atoms with Gasteiger partial charge in [0.1, 0.15) is 0 Å². The monoisotopic (exact) mass is 276 g/mol. The van der Waals surface area contributed by atoms with Crippen LogP contribution < -0.4 is 5.32 Å². The molecule has 0 radical (unpaired) electrons. The van der Waals surface area contributed by atoms with Gasteiger partial charge in [0.05, 0.1) is 11.6 Å². The van der Waals surface area contributed by atoms with Crippen LogP contribution >= 0.6 is 11.3 Å². The van der Waals surface area contributed by atoms with Crippen LogP contribution in [0.25, 0.3) is 0 Å². The van der Waals surface area contributed by atoms with Crippen LogP contribution in [0.4, 0.5) is 0 Å². The molecule has 0 aliphatic rings. The van der Waals surface area contributed by atoms with E-state index in [-0.39, 0.29) is 12.6 Å². The lowest BCUT2D eigenvalue weighted by Crippen LogP contribution is -2.21. The van der Waals surface area contributed by atoms with Gasteiger partial charge in [-0.05, 0) is 25.0 Å². The second-order valence-corrected chi connectivity index (χ2v) is 6.01. The maximum absolute atomic E-state index is 9.14. The maximum Gasteiger partial charge on any atom is 0.0940 e. The SMILES string of the molecule is Cc1cnc(CCNC(C)c2cccc(CO)c2)s1. The number of aliphatic hydroxyl groups excluding tert-OH is 1. The van der Waals surface area contributed by atoms with Gasteiger partial charge in [0, 0.05) is 30.1 Å². The average Bonchev–Trinajstić information content (AvgIpc) is 2.84. The molecule has 2 rings (SSSR count). The fraction of sp³-hybridized carbons (Fsp3) is 0.400. The van der Waals surface area contributed by atoms with Gasteiger partial charge in [-0.15, -0.1) is 11.3 Å². The van der Waals surface area contributed by atoms with Gasteiger partial charge in [0.2, 0.25) is 0 Å². The number of nitrogens with zero attached hydrogens (tertiary/aromatic N) is 1. The van der Waals surface area contributed by atoms with Crippen LogP contribution in [0.15, 0.2) is 30.5 Å². The minimum Gasteiger partial charge on any atom is -0.392 e. The number of rotatable bonds is 6. The zero-order valence-corrected chi connectivity index (χ0v) is 12.2. The minimum absolute atomic E-state index is 0.0962. The van der Waals surface area contributed by atoms with Crippen molar-refractivity contribution in [3.63, 3.8) is 0 Å². The largest absolute Gasteiger partial charge is 0.392 e. The molecule has 2 N–H and O–H groups in total. The van der Waals surface area contributed by atoms with E-state index in [1.54, 1.807) is 11.3 Å². The Morgan fingerprint density at radius 1 is 1.42 bits per heavy atom. The Bertz CT molecular complexity index is 524. The van der Waals surface area contributed by atoms with E-state index in [4.69, 9.17) is 5.11 Å². The Balaban J connectivity index is 1.85. The summed E-state index contributed by atoms with van der Waals surface area (Å²) in [6, 6.07) is 8.35. The summed E-state index contributed by atoms with van der Waals surface area (Å²) < 4.78 is 0. The standard InChI is InChI=1S/C15H20N2OS/c1-11-9-17-15(19-11)6-7-16-12(2)14-5-3-4-13(8-14)10-18/h3-5,8-9,12,16,18H,6-7,10H2,1-2H3. The predicted molar refractivity (Wildman–Crippen MR) is 79.3 cm³/mol. The summed E-state index contributed by atoms with van der Waals surface area (Å²) in [5.41, 5.74) is 2.17. The minimum atomic E-state index is 0.0962. The first-order valence-corrected chi connectivity index (χ1v) is 7.35. The fourth-order valence-electron chi connectivity index (χ4n) is 1.99. The summed E-state index contributed by atoms with van der Waals surface area (Å²) in [5.74, 6) is 0. The van der Waals surface area contributed by atoms with Crippen LogP contribution in [0.5, 0.6) is 0 Å². The van der Waals surface area contributed by atoms with E-state index in [0.717, 1.165) is 18.5 Å². The van der Waals surface area contributed by atoms with E-state index < -0.39 is 0 Å². The number of hydrogen-bond donors (Lipinski definition) is 2. The van der Waals surface area contributed by atoms with Gasteiger partial charge in [-0.25, -0.2) is 4.98 Å². The van der Waals surface area contributed by atoms with Crippen molar-refractivity contribution < 1.29 is 5.11 Å². The Hall–Kier alpha value is -1.23. The van der Waals surface area contributed by atoms with Crippen molar-refractivity contribution in [1.82, 2.24) is 10.3 Å². The second-order valence-electron chi connectivity index (χ2n) is 4.69. The van der Waals surface area contributed by atoms with Crippen molar-refractivity contribution in [2.75, 3.05) is 6.54 Å². The van der Waals surface area contributed by atoms with Crippen molar-refractivity contribution in [2.24, 2.45) is 0 Å². The molecule has 19 heavy (non-hydrogen) atoms. The number of aromatic nitrogens is 1. The highest BCUT2D eigenvalue weighted by molar-refractivity contribution is 7.11. The molecule has 0 spiro atoms. The zero-order valence-electron chi connectivity index (χ0n) is 11.4. The summed E-state index contributed by atoms with van der Waals surface area (Å²) in [5, 5.41) is 13.8. The molecule has 1 aromatic heterocycles. The molecular weight excluding hydrogens is 256 g/mol. The van der Waals surface area contributed by atoms with E-state index >= 15 is 0 Å². The van der Waals surface area contributed by atoms with Crippen LogP contribution in [-0.4, -0.2) is 16.6 Å². The fourth-order valence-corrected chi connectivity index (χ4v) is 2.78. The molecule has 0 fully saturated rings. The first kappa shape index (κ1) is 14.2. The van der Waals surface area contributed by atoms with Gasteiger partial charge < -0.3 is 10.4 Å². The van der Waals surface area contributed by atoms with Crippen LogP contribution in [0.1, 0.15) is 34.0 Å². The highest BCUT2D eigenvalue weighted by Gasteiger charge is 2.06. The molecular formula is C15H20N2OS. The van der Waals surface area contributed by atoms with Gasteiger partial charge in [-0.2, -0.15) is 0 Å². The van der Waals surface area contributed by atoms with E-state index in [0.29, 0.717) is 0 Å². The number of aliphatic hydroxyl groups is 1. The molecule has 2 aromatic rings. The molecule has 102 valence electrons. The number of thiazole rings is 1. The highest BCUT2D eigenvalue weighted by atomic mass is 32.1. The van der Waals surface area contributed by atoms with Gasteiger partial charge >= 0.3 is 0 Å². The van der Waals surface area contributed by atoms with Gasteiger partial charge in [-0.1, -0.05) is 24.3 Å². The third-order valence-electron chi connectivity index (χ3n) is 3.09. The van der Waals surface area contributed by atoms with Crippen LogP contribution in [-0.2, 0) is 13.0 Å². The van der Waals surface area contributed by atoms with Crippen molar-refractivity contribution in [3.05, 3.63) is 51.5 Å². The van der Waals surface area contributed by atoms with Gasteiger partial charge in [-0.3, -0.25) is 0 Å².